The van der Waals surface area contributed by atoms with Gasteiger partial charge in [0.1, 0.15) is 0 Å². The van der Waals surface area contributed by atoms with Gasteiger partial charge in [0.15, 0.2) is 6.29 Å². The number of hydrogen-bond donors (Lipinski definition) is 2. The number of nitrogens with one attached hydrogen (secondary N) is 2. The molecule has 0 aliphatic heterocycles. The fourth-order valence-corrected chi connectivity index (χ4v) is 1.15. The summed E-state index contributed by atoms with van der Waals surface area (Å²) in [5.74, 6) is 0. The van der Waals surface area contributed by atoms with Crippen molar-refractivity contribution in [2.45, 2.75) is 39.9 Å². The third-order valence-corrected chi connectivity index (χ3v) is 1.95. The highest BCUT2D eigenvalue weighted by molar-refractivity contribution is 5.73. The Morgan fingerprint density at radius 3 is 2.25 bits per heavy atom. The van der Waals surface area contributed by atoms with E-state index in [0.717, 1.165) is 12.8 Å². The van der Waals surface area contributed by atoms with E-state index in [0.29, 0.717) is 26.3 Å². The summed E-state index contributed by atoms with van der Waals surface area (Å²) in [6, 6.07) is -0.169. The SMILES string of the molecule is CCCCNC(=O)NCC(OCC)OCC. The van der Waals surface area contributed by atoms with Crippen LogP contribution in [0.3, 0.4) is 0 Å². The highest BCUT2D eigenvalue weighted by Gasteiger charge is 2.09. The lowest BCUT2D eigenvalue weighted by Gasteiger charge is -2.17. The zero-order valence-corrected chi connectivity index (χ0v) is 10.5. The van der Waals surface area contributed by atoms with Crippen molar-refractivity contribution in [2.24, 2.45) is 0 Å². The summed E-state index contributed by atoms with van der Waals surface area (Å²) in [4.78, 5) is 11.3. The monoisotopic (exact) mass is 232 g/mol. The van der Waals surface area contributed by atoms with Crippen LogP contribution >= 0.6 is 0 Å². The van der Waals surface area contributed by atoms with Crippen molar-refractivity contribution in [2.75, 3.05) is 26.3 Å². The number of carbonyl (C=O) groups excluding carboxylic acids is 1. The lowest BCUT2D eigenvalue weighted by Crippen LogP contribution is -2.41. The van der Waals surface area contributed by atoms with Crippen LogP contribution < -0.4 is 10.6 Å². The number of ether oxygens (including phenoxy) is 2. The zero-order valence-electron chi connectivity index (χ0n) is 10.5. The Morgan fingerprint density at radius 2 is 1.75 bits per heavy atom. The molecule has 0 heterocycles. The minimum Gasteiger partial charge on any atom is -0.351 e. The lowest BCUT2D eigenvalue weighted by atomic mass is 10.3. The van der Waals surface area contributed by atoms with Crippen LogP contribution in [0.4, 0.5) is 4.79 Å². The second-order valence-corrected chi connectivity index (χ2v) is 3.33. The highest BCUT2D eigenvalue weighted by atomic mass is 16.7. The number of carbonyl (C=O) groups is 1. The van der Waals surface area contributed by atoms with Crippen molar-refractivity contribution in [3.63, 3.8) is 0 Å². The van der Waals surface area contributed by atoms with Gasteiger partial charge in [-0.2, -0.15) is 0 Å². The van der Waals surface area contributed by atoms with Crippen LogP contribution in [0.2, 0.25) is 0 Å². The van der Waals surface area contributed by atoms with E-state index < -0.39 is 0 Å². The molecule has 0 aliphatic carbocycles. The molecule has 0 aromatic heterocycles. The third kappa shape index (κ3) is 8.49. The molecule has 16 heavy (non-hydrogen) atoms. The van der Waals surface area contributed by atoms with Gasteiger partial charge >= 0.3 is 6.03 Å². The van der Waals surface area contributed by atoms with Crippen molar-refractivity contribution in [3.05, 3.63) is 0 Å². The average Bonchev–Trinajstić information content (AvgIpc) is 2.27. The molecule has 0 saturated carbocycles. The van der Waals surface area contributed by atoms with Crippen LogP contribution in [0.1, 0.15) is 33.6 Å². The van der Waals surface area contributed by atoms with Gasteiger partial charge in [-0.3, -0.25) is 0 Å². The molecule has 5 heteroatoms. The van der Waals surface area contributed by atoms with E-state index in [9.17, 15) is 4.79 Å². The summed E-state index contributed by atoms with van der Waals surface area (Å²) < 4.78 is 10.6. The highest BCUT2D eigenvalue weighted by Crippen LogP contribution is 1.93. The summed E-state index contributed by atoms with van der Waals surface area (Å²) in [6.07, 6.45) is 1.71. The summed E-state index contributed by atoms with van der Waals surface area (Å²) in [7, 11) is 0. The van der Waals surface area contributed by atoms with Gasteiger partial charge in [-0.25, -0.2) is 4.79 Å². The first kappa shape index (κ1) is 15.2. The van der Waals surface area contributed by atoms with Crippen molar-refractivity contribution in [3.8, 4) is 0 Å². The van der Waals surface area contributed by atoms with Crippen molar-refractivity contribution >= 4 is 6.03 Å². The van der Waals surface area contributed by atoms with Gasteiger partial charge in [0.05, 0.1) is 6.54 Å². The van der Waals surface area contributed by atoms with Crippen LogP contribution in [-0.4, -0.2) is 38.6 Å². The maximum absolute atomic E-state index is 11.3. The van der Waals surface area contributed by atoms with Gasteiger partial charge in [-0.15, -0.1) is 0 Å². The first-order valence-corrected chi connectivity index (χ1v) is 5.99. The van der Waals surface area contributed by atoms with Crippen molar-refractivity contribution in [1.82, 2.24) is 10.6 Å². The Hall–Kier alpha value is -0.810. The molecular formula is C11H24N2O3. The van der Waals surface area contributed by atoms with Gasteiger partial charge in [0.2, 0.25) is 0 Å². The van der Waals surface area contributed by atoms with Crippen molar-refractivity contribution in [1.29, 1.82) is 0 Å². The van der Waals surface area contributed by atoms with Crippen LogP contribution in [-0.2, 0) is 9.47 Å². The van der Waals surface area contributed by atoms with Crippen LogP contribution in [0, 0.1) is 0 Å². The molecule has 0 rings (SSSR count). The van der Waals surface area contributed by atoms with E-state index in [2.05, 4.69) is 17.6 Å². The summed E-state index contributed by atoms with van der Waals surface area (Å²) in [6.45, 7) is 8.10. The molecule has 0 aromatic carbocycles. The molecule has 0 fully saturated rings. The molecule has 0 aliphatic rings. The minimum absolute atomic E-state index is 0.169. The van der Waals surface area contributed by atoms with E-state index in [-0.39, 0.29) is 12.3 Å². The zero-order chi connectivity index (χ0) is 12.2. The van der Waals surface area contributed by atoms with Crippen LogP contribution in [0.5, 0.6) is 0 Å². The first-order chi connectivity index (χ1) is 7.74. The average molecular weight is 232 g/mol. The second kappa shape index (κ2) is 10.7. The minimum atomic E-state index is -0.355. The molecular weight excluding hydrogens is 208 g/mol. The molecule has 96 valence electrons. The Balaban J connectivity index is 3.60. The number of unbranched alkanes of at least 4 members (excludes halogenated alkanes) is 1. The lowest BCUT2D eigenvalue weighted by molar-refractivity contribution is -0.131. The van der Waals surface area contributed by atoms with Crippen LogP contribution in [0.15, 0.2) is 0 Å². The molecule has 0 spiro atoms. The Bertz CT molecular complexity index is 171. The van der Waals surface area contributed by atoms with Gasteiger partial charge in [-0.05, 0) is 20.3 Å². The predicted molar refractivity (Wildman–Crippen MR) is 63.3 cm³/mol. The molecule has 0 radical (unpaired) electrons. The van der Waals surface area contributed by atoms with E-state index in [1.54, 1.807) is 0 Å². The topological polar surface area (TPSA) is 59.6 Å². The molecule has 2 N–H and O–H groups in total. The van der Waals surface area contributed by atoms with Gasteiger partial charge in [0.25, 0.3) is 0 Å². The molecule has 0 saturated heterocycles. The Kier molecular flexibility index (Phi) is 10.2. The largest absolute Gasteiger partial charge is 0.351 e. The fraction of sp³-hybridized carbons (Fsp3) is 0.909. The first-order valence-electron chi connectivity index (χ1n) is 5.99. The predicted octanol–water partition coefficient (Wildman–Crippen LogP) is 1.48. The van der Waals surface area contributed by atoms with E-state index in [1.165, 1.54) is 0 Å². The van der Waals surface area contributed by atoms with Crippen molar-refractivity contribution < 1.29 is 14.3 Å². The number of amides is 2. The molecule has 0 unspecified atom stereocenters. The molecule has 0 atom stereocenters. The quantitative estimate of drug-likeness (QED) is 0.467. The second-order valence-electron chi connectivity index (χ2n) is 3.33. The summed E-state index contributed by atoms with van der Waals surface area (Å²) >= 11 is 0. The van der Waals surface area contributed by atoms with Gasteiger partial charge < -0.3 is 20.1 Å². The third-order valence-electron chi connectivity index (χ3n) is 1.95. The molecule has 0 aromatic rings. The van der Waals surface area contributed by atoms with E-state index in [1.807, 2.05) is 13.8 Å². The van der Waals surface area contributed by atoms with E-state index >= 15 is 0 Å². The maximum atomic E-state index is 11.3. The Morgan fingerprint density at radius 1 is 1.12 bits per heavy atom. The van der Waals surface area contributed by atoms with Gasteiger partial charge in [0, 0.05) is 19.8 Å². The van der Waals surface area contributed by atoms with Crippen LogP contribution in [0.25, 0.3) is 0 Å². The summed E-state index contributed by atoms with van der Waals surface area (Å²) in [5, 5.41) is 5.47. The number of hydrogen-bond acceptors (Lipinski definition) is 3. The van der Waals surface area contributed by atoms with Gasteiger partial charge in [-0.1, -0.05) is 13.3 Å². The number of rotatable bonds is 9. The molecule has 2 amide bonds. The maximum Gasteiger partial charge on any atom is 0.314 e. The summed E-state index contributed by atoms with van der Waals surface area (Å²) in [5.41, 5.74) is 0. The molecule has 5 nitrogen and oxygen atoms in total. The van der Waals surface area contributed by atoms with E-state index in [4.69, 9.17) is 9.47 Å². The Labute approximate surface area is 97.9 Å². The smallest absolute Gasteiger partial charge is 0.314 e. The normalized spacial score (nSPS) is 10.5. The fourth-order valence-electron chi connectivity index (χ4n) is 1.15. The standard InChI is InChI=1S/C11H24N2O3/c1-4-7-8-12-11(14)13-9-10(15-5-2)16-6-3/h10H,4-9H2,1-3H3,(H2,12,13,14). The molecule has 0 bridgehead atoms. The number of urea groups is 1.